The third-order valence-corrected chi connectivity index (χ3v) is 4.97. The van der Waals surface area contributed by atoms with E-state index >= 15 is 0 Å². The summed E-state index contributed by atoms with van der Waals surface area (Å²) in [5.74, 6) is -0.306. The first-order valence-electron chi connectivity index (χ1n) is 8.83. The number of rotatable bonds is 3. The maximum Gasteiger partial charge on any atom is 0.274 e. The third kappa shape index (κ3) is 2.87. The van der Waals surface area contributed by atoms with Gasteiger partial charge in [0.25, 0.3) is 5.91 Å². The molecule has 4 rings (SSSR count). The normalized spacial score (nSPS) is 17.4. The molecule has 3 aromatic rings. The second kappa shape index (κ2) is 6.71. The predicted octanol–water partition coefficient (Wildman–Crippen LogP) is 2.77. The Bertz CT molecular complexity index is 964. The fourth-order valence-electron chi connectivity index (χ4n) is 3.56. The average molecular weight is 348 g/mol. The Morgan fingerprint density at radius 3 is 2.77 bits per heavy atom. The van der Waals surface area contributed by atoms with Crippen LogP contribution in [0.4, 0.5) is 0 Å². The summed E-state index contributed by atoms with van der Waals surface area (Å²) < 4.78 is 1.91. The van der Waals surface area contributed by atoms with Crippen LogP contribution in [0.5, 0.6) is 0 Å². The van der Waals surface area contributed by atoms with Crippen molar-refractivity contribution in [2.45, 2.75) is 19.8 Å². The van der Waals surface area contributed by atoms with Crippen LogP contribution in [-0.4, -0.2) is 44.0 Å². The van der Waals surface area contributed by atoms with Crippen molar-refractivity contribution in [3.63, 3.8) is 0 Å². The van der Waals surface area contributed by atoms with Crippen LogP contribution < -0.4 is 0 Å². The Hall–Kier alpha value is -3.02. The number of piperidine rings is 1. The van der Waals surface area contributed by atoms with Gasteiger partial charge in [0.05, 0.1) is 5.69 Å². The fraction of sp³-hybridized carbons (Fsp3) is 0.300. The predicted molar refractivity (Wildman–Crippen MR) is 97.1 cm³/mol. The third-order valence-electron chi connectivity index (χ3n) is 4.97. The molecule has 0 N–H and O–H groups in total. The highest BCUT2D eigenvalue weighted by molar-refractivity contribution is 5.98. The number of Topliss-reactive ketones (excluding diaryl/α,β-unsaturated/α-hetero) is 1. The van der Waals surface area contributed by atoms with E-state index in [1.807, 2.05) is 41.8 Å². The van der Waals surface area contributed by atoms with Crippen LogP contribution in [-0.2, 0) is 0 Å². The SMILES string of the molecule is Cc1c(C(=O)N2CCCC(C(=O)c3ccccn3)C2)nc2ccccn12. The van der Waals surface area contributed by atoms with Gasteiger partial charge in [0.2, 0.25) is 0 Å². The number of imidazole rings is 1. The number of fused-ring (bicyclic) bond motifs is 1. The van der Waals surface area contributed by atoms with Crippen molar-refractivity contribution in [3.8, 4) is 0 Å². The first-order valence-corrected chi connectivity index (χ1v) is 8.83. The van der Waals surface area contributed by atoms with Gasteiger partial charge in [-0.05, 0) is 44.0 Å². The van der Waals surface area contributed by atoms with Crippen LogP contribution in [0.15, 0.2) is 48.8 Å². The summed E-state index contributed by atoms with van der Waals surface area (Å²) >= 11 is 0. The molecular formula is C20H20N4O2. The van der Waals surface area contributed by atoms with Crippen molar-refractivity contribution in [1.82, 2.24) is 19.3 Å². The summed E-state index contributed by atoms with van der Waals surface area (Å²) in [5.41, 5.74) is 2.51. The first-order chi connectivity index (χ1) is 12.6. The summed E-state index contributed by atoms with van der Waals surface area (Å²) in [4.78, 5) is 36.1. The molecule has 6 nitrogen and oxygen atoms in total. The van der Waals surface area contributed by atoms with Gasteiger partial charge in [0.1, 0.15) is 17.0 Å². The van der Waals surface area contributed by atoms with Crippen molar-refractivity contribution in [3.05, 3.63) is 65.9 Å². The van der Waals surface area contributed by atoms with E-state index in [4.69, 9.17) is 0 Å². The molecule has 0 aromatic carbocycles. The summed E-state index contributed by atoms with van der Waals surface area (Å²) in [7, 11) is 0. The zero-order valence-electron chi connectivity index (χ0n) is 14.6. The highest BCUT2D eigenvalue weighted by Gasteiger charge is 2.31. The summed E-state index contributed by atoms with van der Waals surface area (Å²) in [5, 5.41) is 0. The smallest absolute Gasteiger partial charge is 0.274 e. The van der Waals surface area contributed by atoms with Crippen LogP contribution in [0.25, 0.3) is 5.65 Å². The maximum atomic E-state index is 13.0. The number of pyridine rings is 2. The van der Waals surface area contributed by atoms with Gasteiger partial charge < -0.3 is 9.30 Å². The molecule has 0 saturated carbocycles. The molecule has 3 aromatic heterocycles. The van der Waals surface area contributed by atoms with Gasteiger partial charge in [0, 0.05) is 31.4 Å². The molecule has 1 saturated heterocycles. The second-order valence-electron chi connectivity index (χ2n) is 6.64. The number of hydrogen-bond acceptors (Lipinski definition) is 4. The van der Waals surface area contributed by atoms with E-state index in [1.54, 1.807) is 23.2 Å². The number of nitrogens with zero attached hydrogens (tertiary/aromatic N) is 4. The minimum absolute atomic E-state index is 0.00910. The average Bonchev–Trinajstić information content (AvgIpc) is 3.04. The maximum absolute atomic E-state index is 13.0. The molecule has 6 heteroatoms. The molecule has 1 aliphatic rings. The van der Waals surface area contributed by atoms with Gasteiger partial charge in [-0.2, -0.15) is 0 Å². The van der Waals surface area contributed by atoms with E-state index in [0.717, 1.165) is 24.2 Å². The molecule has 4 heterocycles. The number of amides is 1. The molecule has 1 amide bonds. The fourth-order valence-corrected chi connectivity index (χ4v) is 3.56. The topological polar surface area (TPSA) is 67.6 Å². The molecule has 0 bridgehead atoms. The Balaban J connectivity index is 1.56. The lowest BCUT2D eigenvalue weighted by molar-refractivity contribution is 0.0630. The molecule has 0 spiro atoms. The van der Waals surface area contributed by atoms with Crippen LogP contribution in [0.1, 0.15) is 39.5 Å². The van der Waals surface area contributed by atoms with Crippen molar-refractivity contribution in [2.75, 3.05) is 13.1 Å². The quantitative estimate of drug-likeness (QED) is 0.683. The van der Waals surface area contributed by atoms with Gasteiger partial charge in [-0.3, -0.25) is 14.6 Å². The van der Waals surface area contributed by atoms with E-state index in [9.17, 15) is 9.59 Å². The van der Waals surface area contributed by atoms with Crippen LogP contribution in [0, 0.1) is 12.8 Å². The van der Waals surface area contributed by atoms with Crippen molar-refractivity contribution >= 4 is 17.3 Å². The molecule has 1 unspecified atom stereocenters. The molecule has 0 aliphatic carbocycles. The Morgan fingerprint density at radius 2 is 2.00 bits per heavy atom. The van der Waals surface area contributed by atoms with E-state index in [-0.39, 0.29) is 17.6 Å². The number of ketones is 1. The Kier molecular flexibility index (Phi) is 4.24. The van der Waals surface area contributed by atoms with Crippen molar-refractivity contribution in [1.29, 1.82) is 0 Å². The molecule has 0 radical (unpaired) electrons. The van der Waals surface area contributed by atoms with E-state index in [1.165, 1.54) is 0 Å². The van der Waals surface area contributed by atoms with E-state index in [0.29, 0.717) is 24.5 Å². The van der Waals surface area contributed by atoms with Gasteiger partial charge in [-0.1, -0.05) is 12.1 Å². The molecule has 1 fully saturated rings. The van der Waals surface area contributed by atoms with E-state index < -0.39 is 0 Å². The number of likely N-dealkylation sites (tertiary alicyclic amines) is 1. The monoisotopic (exact) mass is 348 g/mol. The summed E-state index contributed by atoms with van der Waals surface area (Å²) in [6, 6.07) is 11.0. The van der Waals surface area contributed by atoms with Gasteiger partial charge in [0.15, 0.2) is 5.78 Å². The zero-order valence-corrected chi connectivity index (χ0v) is 14.6. The Labute approximate surface area is 151 Å². The number of carbonyl (C=O) groups is 2. The lowest BCUT2D eigenvalue weighted by Crippen LogP contribution is -2.42. The van der Waals surface area contributed by atoms with Crippen molar-refractivity contribution < 1.29 is 9.59 Å². The van der Waals surface area contributed by atoms with Gasteiger partial charge in [-0.25, -0.2) is 4.98 Å². The van der Waals surface area contributed by atoms with E-state index in [2.05, 4.69) is 9.97 Å². The zero-order chi connectivity index (χ0) is 18.1. The van der Waals surface area contributed by atoms with Gasteiger partial charge in [-0.15, -0.1) is 0 Å². The van der Waals surface area contributed by atoms with Gasteiger partial charge >= 0.3 is 0 Å². The second-order valence-corrected chi connectivity index (χ2v) is 6.64. The lowest BCUT2D eigenvalue weighted by atomic mass is 9.91. The summed E-state index contributed by atoms with van der Waals surface area (Å²) in [6.07, 6.45) is 5.11. The minimum atomic E-state index is -0.208. The highest BCUT2D eigenvalue weighted by Crippen LogP contribution is 2.23. The molecule has 26 heavy (non-hydrogen) atoms. The number of aryl methyl sites for hydroxylation is 1. The highest BCUT2D eigenvalue weighted by atomic mass is 16.2. The van der Waals surface area contributed by atoms with Crippen molar-refractivity contribution in [2.24, 2.45) is 5.92 Å². The van der Waals surface area contributed by atoms with Crippen LogP contribution in [0.3, 0.4) is 0 Å². The summed E-state index contributed by atoms with van der Waals surface area (Å²) in [6.45, 7) is 2.97. The first kappa shape index (κ1) is 16.4. The lowest BCUT2D eigenvalue weighted by Gasteiger charge is -2.31. The van der Waals surface area contributed by atoms with Crippen LogP contribution in [0.2, 0.25) is 0 Å². The Morgan fingerprint density at radius 1 is 1.15 bits per heavy atom. The molecule has 1 atom stereocenters. The standard InChI is InChI=1S/C20H20N4O2/c1-14-18(22-17-9-3-5-12-24(14)17)20(26)23-11-6-7-15(13-23)19(25)16-8-2-4-10-21-16/h2-5,8-10,12,15H,6-7,11,13H2,1H3. The van der Waals surface area contributed by atoms with Crippen LogP contribution >= 0.6 is 0 Å². The number of aromatic nitrogens is 3. The molecule has 132 valence electrons. The number of carbonyl (C=O) groups excluding carboxylic acids is 2. The number of hydrogen-bond donors (Lipinski definition) is 0. The largest absolute Gasteiger partial charge is 0.337 e. The molecular weight excluding hydrogens is 328 g/mol. The molecule has 1 aliphatic heterocycles. The minimum Gasteiger partial charge on any atom is -0.337 e.